The highest BCUT2D eigenvalue weighted by Gasteiger charge is 2.12. The Morgan fingerprint density at radius 1 is 0.622 bits per heavy atom. The topological polar surface area (TPSA) is 121 Å². The molecule has 0 saturated heterocycles. The van der Waals surface area contributed by atoms with Crippen LogP contribution >= 0.6 is 15.9 Å². The number of aromatic nitrogens is 6. The van der Waals surface area contributed by atoms with Gasteiger partial charge in [-0.3, -0.25) is 19.6 Å². The van der Waals surface area contributed by atoms with Gasteiger partial charge < -0.3 is 4.74 Å². The number of ketones is 2. The Balaban J connectivity index is 0.000000186. The number of nitrogens with zero attached hydrogens (tertiary/aromatic N) is 6. The van der Waals surface area contributed by atoms with Gasteiger partial charge in [-0.2, -0.15) is 0 Å². The van der Waals surface area contributed by atoms with Gasteiger partial charge in [0, 0.05) is 47.2 Å². The van der Waals surface area contributed by atoms with Gasteiger partial charge in [0.05, 0.1) is 18.2 Å². The number of halogens is 1. The molecule has 5 aromatic rings. The van der Waals surface area contributed by atoms with E-state index in [1.807, 2.05) is 30.3 Å². The zero-order valence-electron chi connectivity index (χ0n) is 19.5. The number of hydrogen-bond acceptors (Lipinski definition) is 9. The minimum atomic E-state index is -0.193. The number of benzene rings is 1. The Morgan fingerprint density at radius 2 is 1.11 bits per heavy atom. The standard InChI is InChI=1S/C17H13N3O2.C10H6BrN3O/c1-22-15-5-2-12(3-6-15)13-4-7-16(20-10-13)17(21)14-8-18-11-19-9-14;11-8-1-2-9(14-5-8)10(15)7-3-12-6-13-4-7/h2-11H,1H3;1-6H. The highest BCUT2D eigenvalue weighted by molar-refractivity contribution is 9.10. The van der Waals surface area contributed by atoms with Gasteiger partial charge in [0.15, 0.2) is 0 Å². The van der Waals surface area contributed by atoms with E-state index < -0.39 is 0 Å². The quantitative estimate of drug-likeness (QED) is 0.276. The van der Waals surface area contributed by atoms with Gasteiger partial charge in [-0.1, -0.05) is 18.2 Å². The van der Waals surface area contributed by atoms with Gasteiger partial charge in [-0.25, -0.2) is 19.9 Å². The number of hydrogen-bond donors (Lipinski definition) is 0. The van der Waals surface area contributed by atoms with Crippen LogP contribution in [0.25, 0.3) is 11.1 Å². The Labute approximate surface area is 220 Å². The zero-order valence-corrected chi connectivity index (χ0v) is 21.1. The fourth-order valence-corrected chi connectivity index (χ4v) is 3.36. The van der Waals surface area contributed by atoms with Crippen molar-refractivity contribution < 1.29 is 14.3 Å². The van der Waals surface area contributed by atoms with Crippen LogP contribution in [-0.2, 0) is 0 Å². The highest BCUT2D eigenvalue weighted by atomic mass is 79.9. The molecule has 0 amide bonds. The largest absolute Gasteiger partial charge is 0.497 e. The molecule has 0 N–H and O–H groups in total. The highest BCUT2D eigenvalue weighted by Crippen LogP contribution is 2.22. The van der Waals surface area contributed by atoms with Crippen molar-refractivity contribution in [2.45, 2.75) is 0 Å². The SMILES string of the molecule is COc1ccc(-c2ccc(C(=O)c3cncnc3)nc2)cc1.O=C(c1cncnc1)c1ccc(Br)cn1. The smallest absolute Gasteiger partial charge is 0.214 e. The Bertz CT molecular complexity index is 1470. The van der Waals surface area contributed by atoms with Crippen molar-refractivity contribution >= 4 is 27.5 Å². The third kappa shape index (κ3) is 6.71. The maximum absolute atomic E-state index is 12.2. The molecule has 0 aliphatic rings. The first-order chi connectivity index (χ1) is 18.0. The van der Waals surface area contributed by atoms with E-state index in [1.54, 1.807) is 37.7 Å². The summed E-state index contributed by atoms with van der Waals surface area (Å²) in [6, 6.07) is 14.7. The summed E-state index contributed by atoms with van der Waals surface area (Å²) in [5.41, 5.74) is 3.55. The number of carbonyl (C=O) groups excluding carboxylic acids is 2. The molecular formula is C27H19BrN6O3. The lowest BCUT2D eigenvalue weighted by Crippen LogP contribution is -2.04. The number of carbonyl (C=O) groups is 2. The van der Waals surface area contributed by atoms with Gasteiger partial charge in [0.1, 0.15) is 29.8 Å². The molecule has 1 aromatic carbocycles. The molecule has 0 unspecified atom stereocenters. The van der Waals surface area contributed by atoms with Gasteiger partial charge >= 0.3 is 0 Å². The van der Waals surface area contributed by atoms with Crippen molar-refractivity contribution in [2.75, 3.05) is 7.11 Å². The summed E-state index contributed by atoms with van der Waals surface area (Å²) in [5, 5.41) is 0. The van der Waals surface area contributed by atoms with Crippen molar-refractivity contribution in [3.63, 3.8) is 0 Å². The molecule has 0 atom stereocenters. The molecule has 9 nitrogen and oxygen atoms in total. The Hall–Kier alpha value is -4.70. The maximum atomic E-state index is 12.2. The van der Waals surface area contributed by atoms with Crippen LogP contribution in [0.2, 0.25) is 0 Å². The first-order valence-electron chi connectivity index (χ1n) is 10.9. The zero-order chi connectivity index (χ0) is 26.0. The van der Waals surface area contributed by atoms with E-state index in [4.69, 9.17) is 4.74 Å². The first-order valence-corrected chi connectivity index (χ1v) is 11.7. The summed E-state index contributed by atoms with van der Waals surface area (Å²) in [6.45, 7) is 0. The van der Waals surface area contributed by atoms with Crippen molar-refractivity contribution in [3.8, 4) is 16.9 Å². The van der Waals surface area contributed by atoms with Crippen molar-refractivity contribution in [2.24, 2.45) is 0 Å². The lowest BCUT2D eigenvalue weighted by Gasteiger charge is -2.05. The second kappa shape index (κ2) is 12.3. The summed E-state index contributed by atoms with van der Waals surface area (Å²) >= 11 is 3.25. The molecule has 0 fully saturated rings. The Morgan fingerprint density at radius 3 is 1.54 bits per heavy atom. The van der Waals surface area contributed by atoms with Crippen LogP contribution in [0.5, 0.6) is 5.75 Å². The van der Waals surface area contributed by atoms with E-state index in [0.717, 1.165) is 21.3 Å². The van der Waals surface area contributed by atoms with Crippen molar-refractivity contribution in [1.82, 2.24) is 29.9 Å². The average molecular weight is 555 g/mol. The Kier molecular flexibility index (Phi) is 8.45. The minimum absolute atomic E-state index is 0.178. The number of ether oxygens (including phenoxy) is 1. The van der Waals surface area contributed by atoms with Gasteiger partial charge in [-0.05, 0) is 51.8 Å². The van der Waals surface area contributed by atoms with E-state index in [9.17, 15) is 9.59 Å². The molecular weight excluding hydrogens is 536 g/mol. The normalized spacial score (nSPS) is 10.1. The average Bonchev–Trinajstić information content (AvgIpc) is 2.98. The third-order valence-electron chi connectivity index (χ3n) is 5.03. The van der Waals surface area contributed by atoms with E-state index in [1.165, 1.54) is 37.4 Å². The van der Waals surface area contributed by atoms with Gasteiger partial charge in [-0.15, -0.1) is 0 Å². The van der Waals surface area contributed by atoms with Gasteiger partial charge in [0.2, 0.25) is 11.6 Å². The molecule has 37 heavy (non-hydrogen) atoms. The molecule has 0 aliphatic carbocycles. The van der Waals surface area contributed by atoms with Crippen LogP contribution in [0.4, 0.5) is 0 Å². The summed E-state index contributed by atoms with van der Waals surface area (Å²) in [5.74, 6) is 0.428. The molecule has 4 aromatic heterocycles. The second-order valence-corrected chi connectivity index (χ2v) is 8.35. The van der Waals surface area contributed by atoms with Crippen LogP contribution in [-0.4, -0.2) is 48.6 Å². The van der Waals surface area contributed by atoms with E-state index >= 15 is 0 Å². The lowest BCUT2D eigenvalue weighted by atomic mass is 10.1. The molecule has 0 bridgehead atoms. The summed E-state index contributed by atoms with van der Waals surface area (Å²) in [7, 11) is 1.63. The van der Waals surface area contributed by atoms with Crippen molar-refractivity contribution in [1.29, 1.82) is 0 Å². The van der Waals surface area contributed by atoms with Crippen LogP contribution in [0.3, 0.4) is 0 Å². The maximum Gasteiger partial charge on any atom is 0.214 e. The fourth-order valence-electron chi connectivity index (χ4n) is 3.12. The monoisotopic (exact) mass is 554 g/mol. The van der Waals surface area contributed by atoms with Crippen LogP contribution in [0.15, 0.2) is 103 Å². The minimum Gasteiger partial charge on any atom is -0.497 e. The summed E-state index contributed by atoms with van der Waals surface area (Å²) in [6.07, 6.45) is 11.9. The molecule has 0 aliphatic heterocycles. The number of rotatable bonds is 6. The van der Waals surface area contributed by atoms with Crippen molar-refractivity contribution in [3.05, 3.63) is 125 Å². The summed E-state index contributed by atoms with van der Waals surface area (Å²) in [4.78, 5) is 47.5. The third-order valence-corrected chi connectivity index (χ3v) is 5.49. The lowest BCUT2D eigenvalue weighted by molar-refractivity contribution is 0.102. The summed E-state index contributed by atoms with van der Waals surface area (Å²) < 4.78 is 5.97. The molecule has 4 heterocycles. The molecule has 10 heteroatoms. The molecule has 0 spiro atoms. The predicted molar refractivity (Wildman–Crippen MR) is 139 cm³/mol. The van der Waals surface area contributed by atoms with Crippen LogP contribution in [0.1, 0.15) is 32.1 Å². The van der Waals surface area contributed by atoms with Crippen LogP contribution in [0, 0.1) is 0 Å². The van der Waals surface area contributed by atoms with Crippen LogP contribution < -0.4 is 4.74 Å². The molecule has 0 radical (unpaired) electrons. The van der Waals surface area contributed by atoms with E-state index in [2.05, 4.69) is 45.8 Å². The molecule has 182 valence electrons. The number of pyridine rings is 2. The van der Waals surface area contributed by atoms with E-state index in [0.29, 0.717) is 22.5 Å². The predicted octanol–water partition coefficient (Wildman–Crippen LogP) is 4.64. The molecule has 0 saturated carbocycles. The fraction of sp³-hybridized carbons (Fsp3) is 0.0370. The number of methoxy groups -OCH3 is 1. The second-order valence-electron chi connectivity index (χ2n) is 7.43. The van der Waals surface area contributed by atoms with Gasteiger partial charge in [0.25, 0.3) is 0 Å². The molecule has 5 rings (SSSR count). The van der Waals surface area contributed by atoms with E-state index in [-0.39, 0.29) is 11.6 Å². The first kappa shape index (κ1) is 25.4.